The first-order valence-electron chi connectivity index (χ1n) is 9.24. The largest absolute Gasteiger partial charge is 0.534 e. The molecule has 1 aliphatic carbocycles. The van der Waals surface area contributed by atoms with Crippen LogP contribution in [-0.4, -0.2) is 54.9 Å². The molecule has 0 fully saturated rings. The fourth-order valence-corrected chi connectivity index (χ4v) is 3.49. The zero-order chi connectivity index (χ0) is 22.8. The van der Waals surface area contributed by atoms with Crippen LogP contribution in [0, 0.1) is 0 Å². The van der Waals surface area contributed by atoms with Crippen LogP contribution in [0.25, 0.3) is 0 Å². The molecule has 0 radical (unpaired) electrons. The molecule has 30 heavy (non-hydrogen) atoms. The lowest BCUT2D eigenvalue weighted by Gasteiger charge is -2.22. The van der Waals surface area contributed by atoms with Gasteiger partial charge in [-0.2, -0.15) is 21.6 Å². The monoisotopic (exact) mass is 458 g/mol. The van der Waals surface area contributed by atoms with E-state index in [4.69, 9.17) is 18.9 Å². The van der Waals surface area contributed by atoms with Crippen LogP contribution in [0.2, 0.25) is 0 Å². The molecule has 0 amide bonds. The lowest BCUT2D eigenvalue weighted by atomic mass is 9.88. The third kappa shape index (κ3) is 8.38. The average molecular weight is 458 g/mol. The molecule has 0 aliphatic heterocycles. The summed E-state index contributed by atoms with van der Waals surface area (Å²) >= 11 is 0. The topological polar surface area (TPSA) is 80.3 Å². The van der Waals surface area contributed by atoms with Gasteiger partial charge in [-0.05, 0) is 49.8 Å². The van der Waals surface area contributed by atoms with Crippen molar-refractivity contribution in [1.29, 1.82) is 0 Å². The fraction of sp³-hybridized carbons (Fsp3) is 0.684. The second-order valence-electron chi connectivity index (χ2n) is 6.70. The van der Waals surface area contributed by atoms with Crippen molar-refractivity contribution in [2.24, 2.45) is 0 Å². The summed E-state index contributed by atoms with van der Waals surface area (Å²) in [6.07, 6.45) is 3.84. The van der Waals surface area contributed by atoms with Crippen LogP contribution in [0.1, 0.15) is 39.5 Å². The molecule has 0 saturated carbocycles. The van der Waals surface area contributed by atoms with Crippen LogP contribution < -0.4 is 0 Å². The van der Waals surface area contributed by atoms with Gasteiger partial charge >= 0.3 is 15.6 Å². The van der Waals surface area contributed by atoms with Gasteiger partial charge in [0, 0.05) is 20.6 Å². The third-order valence-electron chi connectivity index (χ3n) is 4.37. The smallest absolute Gasteiger partial charge is 0.381 e. The van der Waals surface area contributed by atoms with Crippen molar-refractivity contribution >= 4 is 10.1 Å². The molecular formula is C19H29F3O7S. The quantitative estimate of drug-likeness (QED) is 0.135. The molecule has 0 aromatic carbocycles. The van der Waals surface area contributed by atoms with E-state index in [0.29, 0.717) is 13.0 Å². The van der Waals surface area contributed by atoms with Crippen LogP contribution in [0.3, 0.4) is 0 Å². The van der Waals surface area contributed by atoms with Gasteiger partial charge in [0.05, 0.1) is 13.2 Å². The number of hydrogen-bond acceptors (Lipinski definition) is 7. The predicted octanol–water partition coefficient (Wildman–Crippen LogP) is 4.18. The van der Waals surface area contributed by atoms with Gasteiger partial charge in [-0.15, -0.1) is 0 Å². The Kier molecular flexibility index (Phi) is 11.1. The maximum atomic E-state index is 12.8. The van der Waals surface area contributed by atoms with E-state index in [1.165, 1.54) is 21.1 Å². The molecule has 0 atom stereocenters. The summed E-state index contributed by atoms with van der Waals surface area (Å²) in [5.41, 5.74) is -2.41. The molecule has 1 rings (SSSR count). The van der Waals surface area contributed by atoms with E-state index in [1.807, 2.05) is 13.0 Å². The zero-order valence-electron chi connectivity index (χ0n) is 17.6. The van der Waals surface area contributed by atoms with Crippen molar-refractivity contribution in [2.75, 3.05) is 41.0 Å². The number of halogens is 3. The van der Waals surface area contributed by atoms with Gasteiger partial charge in [0.15, 0.2) is 0 Å². The summed E-state index contributed by atoms with van der Waals surface area (Å²) in [5, 5.41) is 0. The Hall–Kier alpha value is -1.40. The molecule has 7 nitrogen and oxygen atoms in total. The highest BCUT2D eigenvalue weighted by atomic mass is 32.2. The van der Waals surface area contributed by atoms with Crippen LogP contribution >= 0.6 is 0 Å². The number of alkyl halides is 3. The van der Waals surface area contributed by atoms with Gasteiger partial charge < -0.3 is 23.1 Å². The van der Waals surface area contributed by atoms with Gasteiger partial charge in [-0.1, -0.05) is 11.6 Å². The average Bonchev–Trinajstić information content (AvgIpc) is 2.65. The van der Waals surface area contributed by atoms with Crippen LogP contribution in [0.4, 0.5) is 13.2 Å². The molecule has 0 spiro atoms. The predicted molar refractivity (Wildman–Crippen MR) is 104 cm³/mol. The minimum Gasteiger partial charge on any atom is -0.381 e. The molecule has 0 heterocycles. The van der Waals surface area contributed by atoms with E-state index in [9.17, 15) is 21.6 Å². The van der Waals surface area contributed by atoms with Crippen molar-refractivity contribution in [3.63, 3.8) is 0 Å². The number of allylic oxidation sites excluding steroid dienone is 4. The van der Waals surface area contributed by atoms with Gasteiger partial charge in [0.1, 0.15) is 19.3 Å². The van der Waals surface area contributed by atoms with Crippen molar-refractivity contribution in [3.05, 3.63) is 34.1 Å². The third-order valence-corrected chi connectivity index (χ3v) is 5.36. The number of hydrogen-bond donors (Lipinski definition) is 0. The summed E-state index contributed by atoms with van der Waals surface area (Å²) < 4.78 is 86.2. The minimum atomic E-state index is -5.79. The van der Waals surface area contributed by atoms with Crippen molar-refractivity contribution in [2.45, 2.75) is 45.0 Å². The first-order valence-corrected chi connectivity index (χ1v) is 10.6. The van der Waals surface area contributed by atoms with Gasteiger partial charge in [0.2, 0.25) is 0 Å². The molecule has 1 aliphatic rings. The standard InChI is InChI=1S/C19H29F3O7S/c1-14-6-5-7-16(11-28-13-26-4)17(14)8-9-18(15(2)10-27-12-25-3)29-30(23,24)19(20,21)22/h6H,5,7-13H2,1-4H3/b18-15+. The van der Waals surface area contributed by atoms with E-state index in [2.05, 4.69) is 4.18 Å². The molecule has 11 heteroatoms. The van der Waals surface area contributed by atoms with Crippen LogP contribution in [0.15, 0.2) is 34.1 Å². The van der Waals surface area contributed by atoms with Crippen molar-refractivity contribution in [1.82, 2.24) is 0 Å². The Balaban J connectivity index is 3.07. The summed E-state index contributed by atoms with van der Waals surface area (Å²) in [5.74, 6) is -0.300. The summed E-state index contributed by atoms with van der Waals surface area (Å²) in [6.45, 7) is 3.57. The highest BCUT2D eigenvalue weighted by Crippen LogP contribution is 2.33. The normalized spacial score (nSPS) is 16.4. The molecule has 0 aromatic heterocycles. The van der Waals surface area contributed by atoms with E-state index in [0.717, 1.165) is 29.6 Å². The van der Waals surface area contributed by atoms with E-state index in [1.54, 1.807) is 0 Å². The molecule has 174 valence electrons. The number of ether oxygens (including phenoxy) is 4. The first-order chi connectivity index (χ1) is 14.0. The number of rotatable bonds is 13. The molecule has 0 unspecified atom stereocenters. The van der Waals surface area contributed by atoms with E-state index >= 15 is 0 Å². The molecule has 0 N–H and O–H groups in total. The molecular weight excluding hydrogens is 429 g/mol. The van der Waals surface area contributed by atoms with Gasteiger partial charge in [-0.25, -0.2) is 0 Å². The van der Waals surface area contributed by atoms with E-state index < -0.39 is 15.6 Å². The van der Waals surface area contributed by atoms with Gasteiger partial charge in [0.25, 0.3) is 0 Å². The second-order valence-corrected chi connectivity index (χ2v) is 8.24. The second kappa shape index (κ2) is 12.5. The Bertz CT molecular complexity index is 753. The Morgan fingerprint density at radius 3 is 2.37 bits per heavy atom. The molecule has 0 saturated heterocycles. The van der Waals surface area contributed by atoms with Crippen molar-refractivity contribution < 1.29 is 44.7 Å². The Morgan fingerprint density at radius 2 is 1.77 bits per heavy atom. The first kappa shape index (κ1) is 26.6. The van der Waals surface area contributed by atoms with Crippen molar-refractivity contribution in [3.8, 4) is 0 Å². The fourth-order valence-electron chi connectivity index (χ4n) is 2.90. The van der Waals surface area contributed by atoms with Crippen LogP contribution in [-0.2, 0) is 33.2 Å². The zero-order valence-corrected chi connectivity index (χ0v) is 18.5. The van der Waals surface area contributed by atoms with Gasteiger partial charge in [-0.3, -0.25) is 0 Å². The lowest BCUT2D eigenvalue weighted by molar-refractivity contribution is -0.0526. The summed E-state index contributed by atoms with van der Waals surface area (Å²) in [4.78, 5) is 0. The summed E-state index contributed by atoms with van der Waals surface area (Å²) in [7, 11) is -2.89. The molecule has 0 aromatic rings. The Morgan fingerprint density at radius 1 is 1.13 bits per heavy atom. The maximum Gasteiger partial charge on any atom is 0.534 e. The van der Waals surface area contributed by atoms with Crippen LogP contribution in [0.5, 0.6) is 0 Å². The number of methoxy groups -OCH3 is 2. The van der Waals surface area contributed by atoms with E-state index in [-0.39, 0.29) is 37.9 Å². The minimum absolute atomic E-state index is 0.0498. The highest BCUT2D eigenvalue weighted by molar-refractivity contribution is 7.87. The highest BCUT2D eigenvalue weighted by Gasteiger charge is 2.49. The Labute approximate surface area is 175 Å². The lowest BCUT2D eigenvalue weighted by Crippen LogP contribution is -2.26. The summed E-state index contributed by atoms with van der Waals surface area (Å²) in [6, 6.07) is 0. The SMILES string of the molecule is COCOCC1=C(CC/C(OS(=O)(=O)C(F)(F)F)=C(/C)COCOC)C(C)=CCC1. The molecule has 0 bridgehead atoms. The maximum absolute atomic E-state index is 12.8.